The van der Waals surface area contributed by atoms with Crippen LogP contribution in [0.25, 0.3) is 0 Å². The number of amides is 1. The van der Waals surface area contributed by atoms with E-state index in [1.54, 1.807) is 4.90 Å². The second kappa shape index (κ2) is 5.20. The molecule has 1 fully saturated rings. The second-order valence-corrected chi connectivity index (χ2v) is 3.85. The third-order valence-electron chi connectivity index (χ3n) is 2.61. The molecular weight excluding hydrogens is 180 g/mol. The van der Waals surface area contributed by atoms with Crippen molar-refractivity contribution in [1.29, 1.82) is 0 Å². The fourth-order valence-electron chi connectivity index (χ4n) is 1.44. The number of nitrogens with zero attached hydrogens (tertiary/aromatic N) is 1. The number of nitrogens with one attached hydrogen (secondary N) is 1. The van der Waals surface area contributed by atoms with Crippen LogP contribution in [0.4, 0.5) is 4.79 Å². The molecule has 1 aliphatic rings. The molecule has 0 aliphatic carbocycles. The Morgan fingerprint density at radius 1 is 1.71 bits per heavy atom. The standard InChI is InChI=1S/C10H20N2O2/c1-4-9(3)14-10(13)12-6-5-11-7-8(12)2/h8-9,11H,4-7H2,1-3H3/t8-,9-/m0/s1. The summed E-state index contributed by atoms with van der Waals surface area (Å²) in [5.74, 6) is 0. The zero-order valence-electron chi connectivity index (χ0n) is 9.25. The van der Waals surface area contributed by atoms with Gasteiger partial charge in [0.2, 0.25) is 0 Å². The predicted octanol–water partition coefficient (Wildman–Crippen LogP) is 1.22. The normalized spacial score (nSPS) is 24.5. The van der Waals surface area contributed by atoms with E-state index in [-0.39, 0.29) is 18.2 Å². The molecule has 1 saturated heterocycles. The lowest BCUT2D eigenvalue weighted by molar-refractivity contribution is 0.0525. The van der Waals surface area contributed by atoms with Gasteiger partial charge in [-0.15, -0.1) is 0 Å². The van der Waals surface area contributed by atoms with Gasteiger partial charge in [0.25, 0.3) is 0 Å². The summed E-state index contributed by atoms with van der Waals surface area (Å²) in [6, 6.07) is 0.236. The molecule has 0 aromatic rings. The van der Waals surface area contributed by atoms with Crippen molar-refractivity contribution in [2.75, 3.05) is 19.6 Å². The van der Waals surface area contributed by atoms with Gasteiger partial charge < -0.3 is 15.0 Å². The molecule has 0 saturated carbocycles. The van der Waals surface area contributed by atoms with Crippen LogP contribution in [0.1, 0.15) is 27.2 Å². The number of carbonyl (C=O) groups is 1. The Morgan fingerprint density at radius 2 is 2.43 bits per heavy atom. The van der Waals surface area contributed by atoms with Crippen LogP contribution in [0, 0.1) is 0 Å². The zero-order chi connectivity index (χ0) is 10.6. The molecule has 1 N–H and O–H groups in total. The minimum atomic E-state index is -0.173. The first-order chi connectivity index (χ1) is 6.65. The van der Waals surface area contributed by atoms with E-state index in [1.165, 1.54) is 0 Å². The van der Waals surface area contributed by atoms with Crippen LogP contribution >= 0.6 is 0 Å². The van der Waals surface area contributed by atoms with E-state index in [4.69, 9.17) is 4.74 Å². The number of carbonyl (C=O) groups excluding carboxylic acids is 1. The van der Waals surface area contributed by atoms with Crippen LogP contribution in [0.2, 0.25) is 0 Å². The highest BCUT2D eigenvalue weighted by molar-refractivity contribution is 5.68. The van der Waals surface area contributed by atoms with E-state index in [0.717, 1.165) is 26.1 Å². The summed E-state index contributed by atoms with van der Waals surface area (Å²) >= 11 is 0. The molecule has 1 amide bonds. The lowest BCUT2D eigenvalue weighted by Gasteiger charge is -2.33. The first-order valence-electron chi connectivity index (χ1n) is 5.33. The summed E-state index contributed by atoms with van der Waals surface area (Å²) < 4.78 is 5.27. The van der Waals surface area contributed by atoms with Gasteiger partial charge in [-0.1, -0.05) is 6.92 Å². The van der Waals surface area contributed by atoms with Crippen LogP contribution in [0.15, 0.2) is 0 Å². The molecule has 0 aromatic heterocycles. The molecule has 1 aliphatic heterocycles. The van der Waals surface area contributed by atoms with Gasteiger partial charge in [0.15, 0.2) is 0 Å². The van der Waals surface area contributed by atoms with E-state index in [9.17, 15) is 4.79 Å². The number of hydrogen-bond acceptors (Lipinski definition) is 3. The van der Waals surface area contributed by atoms with Gasteiger partial charge in [-0.05, 0) is 20.3 Å². The Balaban J connectivity index is 2.42. The molecule has 1 heterocycles. The van der Waals surface area contributed by atoms with E-state index in [1.807, 2.05) is 20.8 Å². The Morgan fingerprint density at radius 3 is 3.00 bits per heavy atom. The first kappa shape index (κ1) is 11.3. The van der Waals surface area contributed by atoms with Gasteiger partial charge in [0.05, 0.1) is 0 Å². The van der Waals surface area contributed by atoms with E-state index in [2.05, 4.69) is 5.32 Å². The molecule has 1 rings (SSSR count). The number of piperazine rings is 1. The van der Waals surface area contributed by atoms with Crippen LogP contribution < -0.4 is 5.32 Å². The highest BCUT2D eigenvalue weighted by Crippen LogP contribution is 2.07. The zero-order valence-corrected chi connectivity index (χ0v) is 9.25. The summed E-state index contributed by atoms with van der Waals surface area (Å²) in [7, 11) is 0. The van der Waals surface area contributed by atoms with Gasteiger partial charge in [0.1, 0.15) is 6.10 Å². The highest BCUT2D eigenvalue weighted by Gasteiger charge is 2.24. The van der Waals surface area contributed by atoms with Gasteiger partial charge >= 0.3 is 6.09 Å². The van der Waals surface area contributed by atoms with Crippen molar-refractivity contribution >= 4 is 6.09 Å². The molecule has 0 spiro atoms. The highest BCUT2D eigenvalue weighted by atomic mass is 16.6. The fraction of sp³-hybridized carbons (Fsp3) is 0.900. The van der Waals surface area contributed by atoms with E-state index < -0.39 is 0 Å². The Kier molecular flexibility index (Phi) is 4.20. The molecule has 0 radical (unpaired) electrons. The van der Waals surface area contributed by atoms with Crippen molar-refractivity contribution in [3.8, 4) is 0 Å². The van der Waals surface area contributed by atoms with Crippen LogP contribution in [0.5, 0.6) is 0 Å². The second-order valence-electron chi connectivity index (χ2n) is 3.85. The van der Waals surface area contributed by atoms with Crippen molar-refractivity contribution in [3.63, 3.8) is 0 Å². The van der Waals surface area contributed by atoms with Gasteiger partial charge in [-0.2, -0.15) is 0 Å². The summed E-state index contributed by atoms with van der Waals surface area (Å²) in [5.41, 5.74) is 0. The molecular formula is C10H20N2O2. The molecule has 4 nitrogen and oxygen atoms in total. The van der Waals surface area contributed by atoms with Gasteiger partial charge in [-0.3, -0.25) is 0 Å². The maximum Gasteiger partial charge on any atom is 0.410 e. The minimum Gasteiger partial charge on any atom is -0.446 e. The maximum absolute atomic E-state index is 11.7. The van der Waals surface area contributed by atoms with Gasteiger partial charge in [-0.25, -0.2) is 4.79 Å². The topological polar surface area (TPSA) is 41.6 Å². The lowest BCUT2D eigenvalue weighted by atomic mass is 10.2. The molecule has 0 aromatic carbocycles. The Labute approximate surface area is 85.6 Å². The molecule has 4 heteroatoms. The number of hydrogen-bond donors (Lipinski definition) is 1. The third-order valence-corrected chi connectivity index (χ3v) is 2.61. The summed E-state index contributed by atoms with van der Waals surface area (Å²) in [6.07, 6.45) is 0.713. The SMILES string of the molecule is CC[C@H](C)OC(=O)N1CCNC[C@@H]1C. The average molecular weight is 200 g/mol. The Bertz CT molecular complexity index is 197. The molecule has 82 valence electrons. The summed E-state index contributed by atoms with van der Waals surface area (Å²) in [5, 5.41) is 3.24. The van der Waals surface area contributed by atoms with E-state index >= 15 is 0 Å². The molecule has 0 bridgehead atoms. The summed E-state index contributed by atoms with van der Waals surface area (Å²) in [4.78, 5) is 13.4. The minimum absolute atomic E-state index is 0.0181. The number of rotatable bonds is 2. The first-order valence-corrected chi connectivity index (χ1v) is 5.33. The molecule has 14 heavy (non-hydrogen) atoms. The van der Waals surface area contributed by atoms with Crippen molar-refractivity contribution in [2.24, 2.45) is 0 Å². The molecule has 0 unspecified atom stereocenters. The number of ether oxygens (including phenoxy) is 1. The van der Waals surface area contributed by atoms with Gasteiger partial charge in [0, 0.05) is 25.7 Å². The van der Waals surface area contributed by atoms with Crippen molar-refractivity contribution in [1.82, 2.24) is 10.2 Å². The smallest absolute Gasteiger partial charge is 0.410 e. The maximum atomic E-state index is 11.7. The average Bonchev–Trinajstić information content (AvgIpc) is 2.18. The Hall–Kier alpha value is -0.770. The van der Waals surface area contributed by atoms with Crippen molar-refractivity contribution in [3.05, 3.63) is 0 Å². The monoisotopic (exact) mass is 200 g/mol. The lowest BCUT2D eigenvalue weighted by Crippen LogP contribution is -2.52. The van der Waals surface area contributed by atoms with Crippen LogP contribution in [-0.4, -0.2) is 42.8 Å². The van der Waals surface area contributed by atoms with Crippen LogP contribution in [-0.2, 0) is 4.74 Å². The quantitative estimate of drug-likeness (QED) is 0.728. The predicted molar refractivity (Wildman–Crippen MR) is 55.3 cm³/mol. The van der Waals surface area contributed by atoms with Crippen LogP contribution in [0.3, 0.4) is 0 Å². The van der Waals surface area contributed by atoms with E-state index in [0.29, 0.717) is 0 Å². The molecule has 2 atom stereocenters. The fourth-order valence-corrected chi connectivity index (χ4v) is 1.44. The van der Waals surface area contributed by atoms with Crippen molar-refractivity contribution in [2.45, 2.75) is 39.3 Å². The third kappa shape index (κ3) is 2.87. The largest absolute Gasteiger partial charge is 0.446 e. The summed E-state index contributed by atoms with van der Waals surface area (Å²) in [6.45, 7) is 8.43. The van der Waals surface area contributed by atoms with Crippen molar-refractivity contribution < 1.29 is 9.53 Å².